The molecule has 0 radical (unpaired) electrons. The van der Waals surface area contributed by atoms with Crippen molar-refractivity contribution in [2.24, 2.45) is 0 Å². The lowest BCUT2D eigenvalue weighted by molar-refractivity contribution is -0.387. The van der Waals surface area contributed by atoms with Crippen LogP contribution in [0.1, 0.15) is 6.42 Å². The molecule has 0 aromatic rings. The smallest absolute Gasteiger partial charge is 0.187 e. The lowest BCUT2D eigenvalue weighted by Gasteiger charge is -2.49. The molecule has 0 aromatic heterocycles. The molecule has 0 aliphatic carbocycles. The molecule has 40 atom stereocenters. The van der Waals surface area contributed by atoms with Crippen LogP contribution in [0.2, 0.25) is 0 Å². The molecule has 94 heavy (non-hydrogen) atoms. The Morgan fingerprint density at radius 2 is 0.447 bits per heavy atom. The zero-order chi connectivity index (χ0) is 69.6. The summed E-state index contributed by atoms with van der Waals surface area (Å²) in [5.74, 6) is -0.361. The van der Waals surface area contributed by atoms with Crippen LogP contribution in [0.5, 0.6) is 0 Å². The number of aliphatic hydroxyl groups is 27. The van der Waals surface area contributed by atoms with Crippen LogP contribution < -0.4 is 0 Å². The molecule has 43 heteroatoms. The third kappa shape index (κ3) is 17.3. The molecule has 0 amide bonds. The maximum absolute atomic E-state index is 11.8. The highest BCUT2D eigenvalue weighted by Crippen LogP contribution is 2.38. The molecule has 27 N–H and O–H groups in total. The third-order valence-corrected chi connectivity index (χ3v) is 17.7. The van der Waals surface area contributed by atoms with Crippen molar-refractivity contribution in [2.45, 2.75) is 252 Å². The van der Waals surface area contributed by atoms with Gasteiger partial charge in [0.1, 0.15) is 201 Å². The van der Waals surface area contributed by atoms with E-state index < -0.39 is 298 Å². The average Bonchev–Trinajstić information content (AvgIpc) is 0.792. The minimum atomic E-state index is -2.03. The number of carbonyl (C=O) groups is 1. The Balaban J connectivity index is 0.000000267. The predicted octanol–water partition coefficient (Wildman–Crippen LogP) is -18.1. The van der Waals surface area contributed by atoms with E-state index in [0.29, 0.717) is 0 Å². The number of hydrogen-bond acceptors (Lipinski definition) is 42. The van der Waals surface area contributed by atoms with E-state index in [2.05, 4.69) is 15.9 Å². The maximum atomic E-state index is 11.8. The standard InChI is InChI=1S/C27H45BrO21.C24H42O21/c28-2-7(33)1-8-13(34)16(37)22(10(4-30)43-8)47-26-20(41)18(39)24(12(6-32)45-26)49-27-21(42)17(38)23(11(5-31)46-27)48-25-19(40)15(36)14(35)9(3-29)44-25;25-1-5-9(29)10(30)15(35)22(40-5)44-19-7(3-27)42-24(17(37)12(19)32)45-20-8(4-28)41-23(16(36)13(20)33)43-18-6(2-26)39-21(38)14(34)11(18)31/h8-27,29-32,34-42H,1-6H2;5-38H,1-4H2/t8-,9?,10?,11?,12?,13?,14+,15-,16+,17+,18+,19?,20?,21?,22+,23+,24+,25+,26+,27+;5?,6?,7?,8?,9-,10+,11-,12-,13-,14?,15?,16?,17?,18-,19-,20-,21?,22-,23-,24-/m01/s1. The zero-order valence-corrected chi connectivity index (χ0v) is 50.8. The largest absolute Gasteiger partial charge is 0.394 e. The SMILES string of the molecule is O=C(CBr)C[C@@H]1OC(CO)[C@@H](O[C@H]2OC(CO)[C@@H](O[C@H]3OC(CO)[C@@H](O[C@H]4OC(CO)[C@@H](O)[C@H](O)C4O)[C@H](O)C3O)[C@H](O)C2O)[C@H](O)C1O.OCC1O[C@H](O[C@@H]2C(CO)O[C@H](O[C@@H]3C(CO)O[C@H](O[C@@H]4C(CO)OC(O)C(O)[C@H]4O)C(O)[C@H]3O)C(O)[C@H]2O)C(O)[C@@H](O)[C@@H]1O. The second-order valence-electron chi connectivity index (χ2n) is 23.3. The van der Waals surface area contributed by atoms with Gasteiger partial charge in [0.15, 0.2) is 44.0 Å². The Morgan fingerprint density at radius 1 is 0.245 bits per heavy atom. The highest BCUT2D eigenvalue weighted by atomic mass is 79.9. The van der Waals surface area contributed by atoms with E-state index in [1.54, 1.807) is 0 Å². The molecular weight excluding hydrogens is 1360 g/mol. The second kappa shape index (κ2) is 35.4. The normalized spacial score (nSPS) is 51.1. The van der Waals surface area contributed by atoms with Crippen molar-refractivity contribution in [2.75, 3.05) is 58.2 Å². The quantitative estimate of drug-likeness (QED) is 0.0422. The van der Waals surface area contributed by atoms with Gasteiger partial charge in [-0.15, -0.1) is 0 Å². The molecule has 42 nitrogen and oxygen atoms in total. The van der Waals surface area contributed by atoms with E-state index in [1.807, 2.05) is 0 Å². The van der Waals surface area contributed by atoms with Gasteiger partial charge < -0.3 is 204 Å². The number of alkyl halides is 1. The number of ketones is 1. The number of halogens is 1. The number of ether oxygens (including phenoxy) is 14. The first-order valence-electron chi connectivity index (χ1n) is 29.6. The van der Waals surface area contributed by atoms with Crippen molar-refractivity contribution in [3.8, 4) is 0 Å². The number of Topliss-reactive ketones (excluding diaryl/α,β-unsaturated/α-hetero) is 1. The van der Waals surface area contributed by atoms with Crippen molar-refractivity contribution in [3.63, 3.8) is 0 Å². The van der Waals surface area contributed by atoms with Gasteiger partial charge in [-0.25, -0.2) is 0 Å². The summed E-state index contributed by atoms with van der Waals surface area (Å²) in [7, 11) is 0. The van der Waals surface area contributed by atoms with E-state index in [4.69, 9.17) is 66.3 Å². The maximum Gasteiger partial charge on any atom is 0.187 e. The molecule has 0 saturated carbocycles. The summed E-state index contributed by atoms with van der Waals surface area (Å²) < 4.78 is 76.3. The molecule has 0 bridgehead atoms. The van der Waals surface area contributed by atoms with E-state index in [1.165, 1.54) is 0 Å². The number of rotatable bonds is 23. The molecule has 8 fully saturated rings. The van der Waals surface area contributed by atoms with Gasteiger partial charge in [-0.2, -0.15) is 0 Å². The molecule has 8 saturated heterocycles. The minimum absolute atomic E-state index is 0.0514. The van der Waals surface area contributed by atoms with E-state index in [0.717, 1.165) is 0 Å². The van der Waals surface area contributed by atoms with Crippen molar-refractivity contribution in [1.82, 2.24) is 0 Å². The van der Waals surface area contributed by atoms with Crippen LogP contribution in [0.4, 0.5) is 0 Å². The summed E-state index contributed by atoms with van der Waals surface area (Å²) in [6, 6.07) is 0. The minimum Gasteiger partial charge on any atom is -0.394 e. The Hall–Kier alpha value is -1.49. The molecule has 8 aliphatic rings. The highest BCUT2D eigenvalue weighted by Gasteiger charge is 2.58. The molecule has 17 unspecified atom stereocenters. The Labute approximate surface area is 539 Å². The van der Waals surface area contributed by atoms with Gasteiger partial charge in [-0.05, 0) is 0 Å². The monoisotopic (exact) mass is 1450 g/mol. The van der Waals surface area contributed by atoms with Gasteiger partial charge in [0, 0.05) is 6.42 Å². The van der Waals surface area contributed by atoms with Gasteiger partial charge >= 0.3 is 0 Å². The highest BCUT2D eigenvalue weighted by molar-refractivity contribution is 9.09. The Kier molecular flexibility index (Phi) is 30.1. The van der Waals surface area contributed by atoms with Crippen molar-refractivity contribution in [3.05, 3.63) is 0 Å². The van der Waals surface area contributed by atoms with Crippen LogP contribution in [-0.2, 0) is 71.1 Å². The van der Waals surface area contributed by atoms with Gasteiger partial charge in [-0.1, -0.05) is 15.9 Å². The Bertz CT molecular complexity index is 2250. The van der Waals surface area contributed by atoms with Crippen molar-refractivity contribution in [1.29, 1.82) is 0 Å². The van der Waals surface area contributed by atoms with Crippen LogP contribution in [0.15, 0.2) is 0 Å². The molecule has 550 valence electrons. The summed E-state index contributed by atoms with van der Waals surface area (Å²) in [4.78, 5) is 11.8. The molecule has 0 aromatic carbocycles. The number of carbonyl (C=O) groups excluding carboxylic acids is 1. The fourth-order valence-electron chi connectivity index (χ4n) is 11.6. The van der Waals surface area contributed by atoms with Crippen LogP contribution in [0.25, 0.3) is 0 Å². The van der Waals surface area contributed by atoms with Crippen molar-refractivity contribution < 1.29 is 209 Å². The molecule has 0 spiro atoms. The lowest BCUT2D eigenvalue weighted by atomic mass is 9.92. The molecule has 8 aliphatic heterocycles. The average molecular weight is 1450 g/mol. The molecule has 8 heterocycles. The van der Waals surface area contributed by atoms with E-state index in [9.17, 15) is 143 Å². The third-order valence-electron chi connectivity index (χ3n) is 17.1. The van der Waals surface area contributed by atoms with Crippen molar-refractivity contribution >= 4 is 21.7 Å². The number of hydrogen-bond donors (Lipinski definition) is 27. The summed E-state index contributed by atoms with van der Waals surface area (Å²) in [5.41, 5.74) is 0. The summed E-state index contributed by atoms with van der Waals surface area (Å²) >= 11 is 2.98. The topological polar surface area (TPSA) is 693 Å². The first-order chi connectivity index (χ1) is 44.5. The summed E-state index contributed by atoms with van der Waals surface area (Å²) in [6.07, 6.45) is -69.9. The van der Waals surface area contributed by atoms with Gasteiger partial charge in [0.05, 0.1) is 64.3 Å². The van der Waals surface area contributed by atoms with E-state index >= 15 is 0 Å². The van der Waals surface area contributed by atoms with Gasteiger partial charge in [0.2, 0.25) is 0 Å². The Morgan fingerprint density at radius 3 is 0.702 bits per heavy atom. The first kappa shape index (κ1) is 79.8. The lowest BCUT2D eigenvalue weighted by Crippen LogP contribution is -2.67. The fraction of sp³-hybridized carbons (Fsp3) is 0.980. The van der Waals surface area contributed by atoms with Gasteiger partial charge in [-0.3, -0.25) is 4.79 Å². The molecule has 8 rings (SSSR count). The van der Waals surface area contributed by atoms with Crippen LogP contribution in [-0.4, -0.2) is 447 Å². The van der Waals surface area contributed by atoms with E-state index in [-0.39, 0.29) is 17.5 Å². The van der Waals surface area contributed by atoms with Gasteiger partial charge in [0.25, 0.3) is 0 Å². The van der Waals surface area contributed by atoms with Crippen LogP contribution in [0.3, 0.4) is 0 Å². The fourth-order valence-corrected chi connectivity index (χ4v) is 11.9. The summed E-state index contributed by atoms with van der Waals surface area (Å²) in [5, 5.41) is 277. The second-order valence-corrected chi connectivity index (χ2v) is 23.9. The predicted molar refractivity (Wildman–Crippen MR) is 289 cm³/mol. The van der Waals surface area contributed by atoms with Crippen LogP contribution in [0, 0.1) is 0 Å². The summed E-state index contributed by atoms with van der Waals surface area (Å²) in [6.45, 7) is -6.74. The van der Waals surface area contributed by atoms with Crippen LogP contribution >= 0.6 is 15.9 Å². The first-order valence-corrected chi connectivity index (χ1v) is 30.7. The number of aliphatic hydroxyl groups excluding tert-OH is 27. The molecular formula is C51H87BrO42. The zero-order valence-electron chi connectivity index (χ0n) is 49.2.